The van der Waals surface area contributed by atoms with E-state index in [0.717, 1.165) is 22.6 Å². The molecule has 0 bridgehead atoms. The standard InChI is InChI=1S/C18H22FN3O3/c1-4-21(10-9-18(24)25)17(23)11-16-12(2)20-22(13(16)3)15-7-5-14(19)6-8-15/h5-8H,4,9-11H2,1-3H3,(H,24,25). The number of aromatic nitrogens is 2. The van der Waals surface area contributed by atoms with Crippen LogP contribution in [0.15, 0.2) is 24.3 Å². The van der Waals surface area contributed by atoms with Gasteiger partial charge in [0.2, 0.25) is 5.91 Å². The second-order valence-electron chi connectivity index (χ2n) is 5.83. The lowest BCUT2D eigenvalue weighted by Crippen LogP contribution is -2.34. The van der Waals surface area contributed by atoms with Crippen molar-refractivity contribution in [1.82, 2.24) is 14.7 Å². The Hall–Kier alpha value is -2.70. The summed E-state index contributed by atoms with van der Waals surface area (Å²) in [5.74, 6) is -1.38. The zero-order valence-corrected chi connectivity index (χ0v) is 14.6. The molecular formula is C18H22FN3O3. The van der Waals surface area contributed by atoms with E-state index in [1.165, 1.54) is 17.0 Å². The molecule has 25 heavy (non-hydrogen) atoms. The number of carbonyl (C=O) groups excluding carboxylic acids is 1. The first-order valence-electron chi connectivity index (χ1n) is 8.14. The van der Waals surface area contributed by atoms with Crippen molar-refractivity contribution in [2.75, 3.05) is 13.1 Å². The molecule has 2 aromatic rings. The molecular weight excluding hydrogens is 325 g/mol. The van der Waals surface area contributed by atoms with Crippen molar-refractivity contribution in [1.29, 1.82) is 0 Å². The molecule has 0 unspecified atom stereocenters. The lowest BCUT2D eigenvalue weighted by Gasteiger charge is -2.20. The van der Waals surface area contributed by atoms with Crippen LogP contribution in [0.5, 0.6) is 0 Å². The maximum Gasteiger partial charge on any atom is 0.305 e. The first kappa shape index (κ1) is 18.6. The molecule has 1 aromatic heterocycles. The van der Waals surface area contributed by atoms with E-state index in [0.29, 0.717) is 6.54 Å². The van der Waals surface area contributed by atoms with Gasteiger partial charge in [0.1, 0.15) is 5.82 Å². The number of halogens is 1. The van der Waals surface area contributed by atoms with Crippen molar-refractivity contribution >= 4 is 11.9 Å². The molecule has 2 rings (SSSR count). The Kier molecular flexibility index (Phi) is 5.90. The van der Waals surface area contributed by atoms with Crippen LogP contribution in [0.3, 0.4) is 0 Å². The summed E-state index contributed by atoms with van der Waals surface area (Å²) in [5, 5.41) is 13.2. The van der Waals surface area contributed by atoms with Crippen LogP contribution in [-0.4, -0.2) is 44.8 Å². The van der Waals surface area contributed by atoms with Crippen molar-refractivity contribution in [3.8, 4) is 5.69 Å². The van der Waals surface area contributed by atoms with Gasteiger partial charge in [-0.15, -0.1) is 0 Å². The number of aryl methyl sites for hydroxylation is 1. The molecule has 0 aliphatic heterocycles. The number of aliphatic carboxylic acids is 1. The Balaban J connectivity index is 2.21. The molecule has 7 heteroatoms. The number of benzene rings is 1. The van der Waals surface area contributed by atoms with Gasteiger partial charge in [-0.2, -0.15) is 5.10 Å². The highest BCUT2D eigenvalue weighted by molar-refractivity contribution is 5.80. The van der Waals surface area contributed by atoms with E-state index in [-0.39, 0.29) is 31.1 Å². The molecule has 0 saturated carbocycles. The van der Waals surface area contributed by atoms with Gasteiger partial charge in [0, 0.05) is 24.3 Å². The van der Waals surface area contributed by atoms with Gasteiger partial charge in [-0.25, -0.2) is 9.07 Å². The second-order valence-corrected chi connectivity index (χ2v) is 5.83. The fourth-order valence-corrected chi connectivity index (χ4v) is 2.72. The van der Waals surface area contributed by atoms with E-state index in [4.69, 9.17) is 5.11 Å². The van der Waals surface area contributed by atoms with E-state index < -0.39 is 5.97 Å². The molecule has 0 atom stereocenters. The van der Waals surface area contributed by atoms with E-state index in [2.05, 4.69) is 5.10 Å². The van der Waals surface area contributed by atoms with E-state index in [1.807, 2.05) is 20.8 Å². The Morgan fingerprint density at radius 2 is 1.88 bits per heavy atom. The molecule has 0 radical (unpaired) electrons. The number of likely N-dealkylation sites (N-methyl/N-ethyl adjacent to an activating group) is 1. The molecule has 0 saturated heterocycles. The highest BCUT2D eigenvalue weighted by Crippen LogP contribution is 2.19. The van der Waals surface area contributed by atoms with Crippen LogP contribution in [0, 0.1) is 19.7 Å². The Morgan fingerprint density at radius 3 is 2.44 bits per heavy atom. The Morgan fingerprint density at radius 1 is 1.24 bits per heavy atom. The SMILES string of the molecule is CCN(CCC(=O)O)C(=O)Cc1c(C)nn(-c2ccc(F)cc2)c1C. The maximum atomic E-state index is 13.1. The molecule has 1 N–H and O–H groups in total. The molecule has 0 aliphatic carbocycles. The smallest absolute Gasteiger partial charge is 0.305 e. The maximum absolute atomic E-state index is 13.1. The van der Waals surface area contributed by atoms with Gasteiger partial charge >= 0.3 is 5.97 Å². The molecule has 134 valence electrons. The molecule has 0 fully saturated rings. The van der Waals surface area contributed by atoms with Crippen LogP contribution in [0.2, 0.25) is 0 Å². The van der Waals surface area contributed by atoms with Crippen molar-refractivity contribution in [2.45, 2.75) is 33.6 Å². The summed E-state index contributed by atoms with van der Waals surface area (Å²) in [6.07, 6.45) is 0.0820. The van der Waals surface area contributed by atoms with E-state index >= 15 is 0 Å². The average molecular weight is 347 g/mol. The first-order chi connectivity index (χ1) is 11.8. The van der Waals surface area contributed by atoms with Crippen molar-refractivity contribution < 1.29 is 19.1 Å². The number of amides is 1. The topological polar surface area (TPSA) is 75.4 Å². The predicted molar refractivity (Wildman–Crippen MR) is 91.2 cm³/mol. The number of hydrogen-bond donors (Lipinski definition) is 1. The highest BCUT2D eigenvalue weighted by Gasteiger charge is 2.19. The summed E-state index contributed by atoms with van der Waals surface area (Å²) in [4.78, 5) is 24.7. The molecule has 0 aliphatic rings. The van der Waals surface area contributed by atoms with Gasteiger partial charge < -0.3 is 10.0 Å². The third-order valence-corrected chi connectivity index (χ3v) is 4.17. The van der Waals surface area contributed by atoms with Crippen LogP contribution >= 0.6 is 0 Å². The van der Waals surface area contributed by atoms with E-state index in [1.54, 1.807) is 16.8 Å². The van der Waals surface area contributed by atoms with Crippen LogP contribution in [0.1, 0.15) is 30.3 Å². The Labute approximate surface area is 145 Å². The lowest BCUT2D eigenvalue weighted by atomic mass is 10.1. The van der Waals surface area contributed by atoms with Crippen molar-refractivity contribution in [3.63, 3.8) is 0 Å². The third-order valence-electron chi connectivity index (χ3n) is 4.17. The zero-order chi connectivity index (χ0) is 18.6. The summed E-state index contributed by atoms with van der Waals surface area (Å²) in [7, 11) is 0. The van der Waals surface area contributed by atoms with Crippen LogP contribution < -0.4 is 0 Å². The average Bonchev–Trinajstić information content (AvgIpc) is 2.84. The number of carboxylic acids is 1. The number of carbonyl (C=O) groups is 2. The summed E-state index contributed by atoms with van der Waals surface area (Å²) >= 11 is 0. The van der Waals surface area contributed by atoms with Gasteiger partial charge in [0.05, 0.1) is 24.2 Å². The highest BCUT2D eigenvalue weighted by atomic mass is 19.1. The molecule has 6 nitrogen and oxygen atoms in total. The molecule has 1 heterocycles. The Bertz CT molecular complexity index is 769. The quantitative estimate of drug-likeness (QED) is 0.835. The largest absolute Gasteiger partial charge is 0.481 e. The van der Waals surface area contributed by atoms with Crippen LogP contribution in [0.4, 0.5) is 4.39 Å². The fraction of sp³-hybridized carbons (Fsp3) is 0.389. The normalized spacial score (nSPS) is 10.7. The first-order valence-corrected chi connectivity index (χ1v) is 8.14. The zero-order valence-electron chi connectivity index (χ0n) is 14.6. The predicted octanol–water partition coefficient (Wildman–Crippen LogP) is 2.49. The number of hydrogen-bond acceptors (Lipinski definition) is 3. The number of nitrogens with zero attached hydrogens (tertiary/aromatic N) is 3. The monoisotopic (exact) mass is 347 g/mol. The summed E-state index contributed by atoms with van der Waals surface area (Å²) in [6, 6.07) is 5.99. The summed E-state index contributed by atoms with van der Waals surface area (Å²) in [6.45, 7) is 6.15. The van der Waals surface area contributed by atoms with Crippen LogP contribution in [0.25, 0.3) is 5.69 Å². The molecule has 0 spiro atoms. The number of rotatable bonds is 7. The number of carboxylic acid groups (broad SMARTS) is 1. The minimum Gasteiger partial charge on any atom is -0.481 e. The lowest BCUT2D eigenvalue weighted by molar-refractivity contribution is -0.138. The minimum atomic E-state index is -0.928. The fourth-order valence-electron chi connectivity index (χ4n) is 2.72. The van der Waals surface area contributed by atoms with Crippen LogP contribution in [-0.2, 0) is 16.0 Å². The third kappa shape index (κ3) is 4.43. The minimum absolute atomic E-state index is 0.0770. The van der Waals surface area contributed by atoms with Gasteiger partial charge in [-0.05, 0) is 45.0 Å². The van der Waals surface area contributed by atoms with Gasteiger partial charge in [0.25, 0.3) is 0 Å². The van der Waals surface area contributed by atoms with Crippen molar-refractivity contribution in [3.05, 3.63) is 47.0 Å². The van der Waals surface area contributed by atoms with Crippen molar-refractivity contribution in [2.24, 2.45) is 0 Å². The summed E-state index contributed by atoms with van der Waals surface area (Å²) < 4.78 is 14.8. The molecule has 1 aromatic carbocycles. The van der Waals surface area contributed by atoms with Gasteiger partial charge in [-0.1, -0.05) is 0 Å². The van der Waals surface area contributed by atoms with Gasteiger partial charge in [-0.3, -0.25) is 9.59 Å². The summed E-state index contributed by atoms with van der Waals surface area (Å²) in [5.41, 5.74) is 3.07. The van der Waals surface area contributed by atoms with E-state index in [9.17, 15) is 14.0 Å². The van der Waals surface area contributed by atoms with Gasteiger partial charge in [0.15, 0.2) is 0 Å². The second kappa shape index (κ2) is 7.92. The molecule has 1 amide bonds.